The maximum absolute atomic E-state index is 6.09. The second-order valence-electron chi connectivity index (χ2n) is 3.58. The maximum atomic E-state index is 6.09. The van der Waals surface area contributed by atoms with Gasteiger partial charge in [-0.2, -0.15) is 0 Å². The molecule has 0 aliphatic carbocycles. The normalized spacial score (nSPS) is 12.2. The highest BCUT2D eigenvalue weighted by Gasteiger charge is 2.10. The quantitative estimate of drug-likeness (QED) is 0.833. The van der Waals surface area contributed by atoms with Crippen LogP contribution < -0.4 is 5.73 Å². The van der Waals surface area contributed by atoms with Crippen LogP contribution in [0.1, 0.15) is 24.9 Å². The highest BCUT2D eigenvalue weighted by molar-refractivity contribution is 6.30. The summed E-state index contributed by atoms with van der Waals surface area (Å²) in [6, 6.07) is 9.89. The van der Waals surface area contributed by atoms with Crippen molar-refractivity contribution in [2.24, 2.45) is 5.73 Å². The zero-order valence-electron chi connectivity index (χ0n) is 8.98. The van der Waals surface area contributed by atoms with Crippen molar-refractivity contribution in [1.29, 1.82) is 0 Å². The van der Waals surface area contributed by atoms with E-state index >= 15 is 0 Å². The molecule has 0 saturated carbocycles. The molecular formula is C12H14Cl2N2. The number of hydrogen-bond acceptors (Lipinski definition) is 2. The number of benzene rings is 1. The molecule has 0 amide bonds. The Balaban J connectivity index is 0.00000128. The van der Waals surface area contributed by atoms with E-state index in [-0.39, 0.29) is 18.4 Å². The highest BCUT2D eigenvalue weighted by atomic mass is 35.5. The molecule has 0 radical (unpaired) electrons. The van der Waals surface area contributed by atoms with Crippen LogP contribution in [0, 0.1) is 0 Å². The fourth-order valence-electron chi connectivity index (χ4n) is 1.59. The van der Waals surface area contributed by atoms with Gasteiger partial charge in [0.05, 0.1) is 5.52 Å². The van der Waals surface area contributed by atoms with Gasteiger partial charge in [0.1, 0.15) is 5.15 Å². The summed E-state index contributed by atoms with van der Waals surface area (Å²) < 4.78 is 0. The zero-order chi connectivity index (χ0) is 10.8. The number of hydrogen-bond donors (Lipinski definition) is 1. The summed E-state index contributed by atoms with van der Waals surface area (Å²) in [7, 11) is 0. The van der Waals surface area contributed by atoms with Gasteiger partial charge in [-0.1, -0.05) is 36.7 Å². The average molecular weight is 257 g/mol. The third kappa shape index (κ3) is 2.46. The SMILES string of the molecule is CC[C@H](N)c1cc2ccccc2nc1Cl.Cl. The minimum Gasteiger partial charge on any atom is -0.324 e. The number of para-hydroxylation sites is 1. The fraction of sp³-hybridized carbons (Fsp3) is 0.250. The number of nitrogens with zero attached hydrogens (tertiary/aromatic N) is 1. The molecule has 4 heteroatoms. The molecule has 1 aromatic carbocycles. The van der Waals surface area contributed by atoms with Crippen LogP contribution >= 0.6 is 24.0 Å². The van der Waals surface area contributed by atoms with Crippen molar-refractivity contribution in [1.82, 2.24) is 4.98 Å². The topological polar surface area (TPSA) is 38.9 Å². The molecule has 0 aliphatic rings. The number of pyridine rings is 1. The van der Waals surface area contributed by atoms with Crippen LogP contribution in [-0.2, 0) is 0 Å². The van der Waals surface area contributed by atoms with Crippen LogP contribution in [0.2, 0.25) is 5.15 Å². The monoisotopic (exact) mass is 256 g/mol. The van der Waals surface area contributed by atoms with Crippen molar-refractivity contribution < 1.29 is 0 Å². The van der Waals surface area contributed by atoms with Gasteiger partial charge in [0, 0.05) is 17.0 Å². The van der Waals surface area contributed by atoms with Gasteiger partial charge in [0.2, 0.25) is 0 Å². The van der Waals surface area contributed by atoms with Crippen molar-refractivity contribution in [2.45, 2.75) is 19.4 Å². The largest absolute Gasteiger partial charge is 0.324 e. The minimum absolute atomic E-state index is 0. The van der Waals surface area contributed by atoms with Gasteiger partial charge >= 0.3 is 0 Å². The van der Waals surface area contributed by atoms with Gasteiger partial charge in [-0.15, -0.1) is 12.4 Å². The van der Waals surface area contributed by atoms with E-state index in [0.717, 1.165) is 22.9 Å². The molecule has 0 aliphatic heterocycles. The molecule has 2 N–H and O–H groups in total. The first-order valence-electron chi connectivity index (χ1n) is 5.03. The smallest absolute Gasteiger partial charge is 0.134 e. The standard InChI is InChI=1S/C12H13ClN2.ClH/c1-2-10(14)9-7-8-5-3-4-6-11(8)15-12(9)13;/h3-7,10H,2,14H2,1H3;1H/t10-;/m0./s1. The Morgan fingerprint density at radius 3 is 2.75 bits per heavy atom. The van der Waals surface area contributed by atoms with E-state index in [2.05, 4.69) is 4.98 Å². The van der Waals surface area contributed by atoms with E-state index in [9.17, 15) is 0 Å². The summed E-state index contributed by atoms with van der Waals surface area (Å²) in [5, 5.41) is 1.60. The number of aromatic nitrogens is 1. The molecule has 16 heavy (non-hydrogen) atoms. The first kappa shape index (κ1) is 13.2. The van der Waals surface area contributed by atoms with Gasteiger partial charge in [0.15, 0.2) is 0 Å². The van der Waals surface area contributed by atoms with Crippen molar-refractivity contribution in [2.75, 3.05) is 0 Å². The summed E-state index contributed by atoms with van der Waals surface area (Å²) in [6.07, 6.45) is 0.861. The number of nitrogens with two attached hydrogens (primary N) is 1. The van der Waals surface area contributed by atoms with E-state index in [1.165, 1.54) is 0 Å². The first-order valence-corrected chi connectivity index (χ1v) is 5.41. The van der Waals surface area contributed by atoms with Crippen LogP contribution in [-0.4, -0.2) is 4.98 Å². The van der Waals surface area contributed by atoms with Gasteiger partial charge in [-0.25, -0.2) is 4.98 Å². The first-order chi connectivity index (χ1) is 7.22. The van der Waals surface area contributed by atoms with Crippen LogP contribution in [0.15, 0.2) is 30.3 Å². The summed E-state index contributed by atoms with van der Waals surface area (Å²) in [5.74, 6) is 0. The molecule has 0 bridgehead atoms. The van der Waals surface area contributed by atoms with Gasteiger partial charge < -0.3 is 5.73 Å². The van der Waals surface area contributed by atoms with Crippen LogP contribution in [0.5, 0.6) is 0 Å². The molecule has 1 heterocycles. The second-order valence-corrected chi connectivity index (χ2v) is 3.93. The Kier molecular flexibility index (Phi) is 4.54. The molecule has 1 atom stereocenters. The molecule has 2 aromatic rings. The predicted octanol–water partition coefficient (Wildman–Crippen LogP) is 3.72. The van der Waals surface area contributed by atoms with Gasteiger partial charge in [0.25, 0.3) is 0 Å². The van der Waals surface area contributed by atoms with Gasteiger partial charge in [-0.3, -0.25) is 0 Å². The Hall–Kier alpha value is -0.830. The Morgan fingerprint density at radius 2 is 2.06 bits per heavy atom. The summed E-state index contributed by atoms with van der Waals surface area (Å²) in [6.45, 7) is 2.04. The van der Waals surface area contributed by atoms with Gasteiger partial charge in [-0.05, 0) is 18.6 Å². The molecule has 0 spiro atoms. The summed E-state index contributed by atoms with van der Waals surface area (Å²) in [4.78, 5) is 4.33. The summed E-state index contributed by atoms with van der Waals surface area (Å²) >= 11 is 6.09. The van der Waals surface area contributed by atoms with Crippen molar-refractivity contribution in [3.8, 4) is 0 Å². The third-order valence-corrected chi connectivity index (χ3v) is 2.85. The van der Waals surface area contributed by atoms with E-state index in [1.54, 1.807) is 0 Å². The number of halogens is 2. The molecule has 2 nitrogen and oxygen atoms in total. The Labute approximate surface area is 106 Å². The molecule has 0 fully saturated rings. The lowest BCUT2D eigenvalue weighted by Crippen LogP contribution is -2.09. The summed E-state index contributed by atoms with van der Waals surface area (Å²) in [5.41, 5.74) is 7.80. The van der Waals surface area contributed by atoms with Crippen molar-refractivity contribution in [3.05, 3.63) is 41.0 Å². The lowest BCUT2D eigenvalue weighted by atomic mass is 10.1. The van der Waals surface area contributed by atoms with Crippen LogP contribution in [0.25, 0.3) is 10.9 Å². The molecule has 0 saturated heterocycles. The molecular weight excluding hydrogens is 243 g/mol. The maximum Gasteiger partial charge on any atom is 0.134 e. The van der Waals surface area contributed by atoms with E-state index in [4.69, 9.17) is 17.3 Å². The third-order valence-electron chi connectivity index (χ3n) is 2.54. The lowest BCUT2D eigenvalue weighted by Gasteiger charge is -2.11. The minimum atomic E-state index is -0.0328. The predicted molar refractivity (Wildman–Crippen MR) is 71.2 cm³/mol. The van der Waals surface area contributed by atoms with Crippen LogP contribution in [0.3, 0.4) is 0 Å². The molecule has 2 rings (SSSR count). The average Bonchev–Trinajstić information content (AvgIpc) is 2.27. The number of fused-ring (bicyclic) bond motifs is 1. The fourth-order valence-corrected chi connectivity index (χ4v) is 1.87. The van der Waals surface area contributed by atoms with E-state index in [1.807, 2.05) is 37.3 Å². The molecule has 0 unspecified atom stereocenters. The Morgan fingerprint density at radius 1 is 1.38 bits per heavy atom. The van der Waals surface area contributed by atoms with Crippen LogP contribution in [0.4, 0.5) is 0 Å². The lowest BCUT2D eigenvalue weighted by molar-refractivity contribution is 0.697. The van der Waals surface area contributed by atoms with Crippen molar-refractivity contribution in [3.63, 3.8) is 0 Å². The second kappa shape index (κ2) is 5.48. The van der Waals surface area contributed by atoms with E-state index < -0.39 is 0 Å². The Bertz CT molecular complexity index is 485. The zero-order valence-corrected chi connectivity index (χ0v) is 10.6. The highest BCUT2D eigenvalue weighted by Crippen LogP contribution is 2.25. The molecule has 86 valence electrons. The van der Waals surface area contributed by atoms with E-state index in [0.29, 0.717) is 5.15 Å². The number of rotatable bonds is 2. The molecule has 1 aromatic heterocycles. The van der Waals surface area contributed by atoms with Crippen molar-refractivity contribution >= 4 is 34.9 Å².